The van der Waals surface area contributed by atoms with Crippen molar-refractivity contribution >= 4 is 15.7 Å². The van der Waals surface area contributed by atoms with Gasteiger partial charge in [0.15, 0.2) is 0 Å². The molecule has 0 bridgehead atoms. The molecule has 0 heterocycles. The van der Waals surface area contributed by atoms with Crippen LogP contribution in [0.2, 0.25) is 0 Å². The lowest BCUT2D eigenvalue weighted by Crippen LogP contribution is -2.31. The third-order valence-electron chi connectivity index (χ3n) is 2.96. The SMILES string of the molecule is CCCCC(C)Nc1ccccc1S(=O)(=O)NC(C)C. The van der Waals surface area contributed by atoms with Gasteiger partial charge in [0.25, 0.3) is 0 Å². The van der Waals surface area contributed by atoms with E-state index in [1.807, 2.05) is 26.0 Å². The summed E-state index contributed by atoms with van der Waals surface area (Å²) in [5.41, 5.74) is 0.671. The Morgan fingerprint density at radius 1 is 1.15 bits per heavy atom. The Balaban J connectivity index is 2.93. The second-order valence-corrected chi connectivity index (χ2v) is 7.14. The third kappa shape index (κ3) is 5.13. The van der Waals surface area contributed by atoms with E-state index in [1.54, 1.807) is 12.1 Å². The first kappa shape index (κ1) is 17.0. The molecule has 0 spiro atoms. The van der Waals surface area contributed by atoms with E-state index in [2.05, 4.69) is 23.9 Å². The maximum atomic E-state index is 12.3. The van der Waals surface area contributed by atoms with Crippen molar-refractivity contribution in [1.29, 1.82) is 0 Å². The van der Waals surface area contributed by atoms with Crippen LogP contribution in [-0.2, 0) is 10.0 Å². The lowest BCUT2D eigenvalue weighted by Gasteiger charge is -2.19. The molecular formula is C15H26N2O2S. The van der Waals surface area contributed by atoms with Gasteiger partial charge in [0.1, 0.15) is 4.90 Å². The molecule has 1 unspecified atom stereocenters. The minimum Gasteiger partial charge on any atom is -0.381 e. The van der Waals surface area contributed by atoms with E-state index in [1.165, 1.54) is 0 Å². The van der Waals surface area contributed by atoms with Crippen LogP contribution in [0.5, 0.6) is 0 Å². The Labute approximate surface area is 123 Å². The monoisotopic (exact) mass is 298 g/mol. The molecule has 0 fully saturated rings. The average Bonchev–Trinajstić information content (AvgIpc) is 2.35. The van der Waals surface area contributed by atoms with Crippen LogP contribution >= 0.6 is 0 Å². The molecule has 2 N–H and O–H groups in total. The predicted molar refractivity (Wildman–Crippen MR) is 84.5 cm³/mol. The molecule has 1 rings (SSSR count). The van der Waals surface area contributed by atoms with E-state index >= 15 is 0 Å². The van der Waals surface area contributed by atoms with Gasteiger partial charge in [-0.3, -0.25) is 0 Å². The van der Waals surface area contributed by atoms with Crippen LogP contribution in [0, 0.1) is 0 Å². The zero-order chi connectivity index (χ0) is 15.2. The van der Waals surface area contributed by atoms with E-state index < -0.39 is 10.0 Å². The molecule has 0 saturated heterocycles. The van der Waals surface area contributed by atoms with Crippen molar-refractivity contribution in [2.24, 2.45) is 0 Å². The molecule has 1 aromatic carbocycles. The third-order valence-corrected chi connectivity index (χ3v) is 4.68. The highest BCUT2D eigenvalue weighted by atomic mass is 32.2. The van der Waals surface area contributed by atoms with Crippen molar-refractivity contribution in [2.45, 2.75) is 63.9 Å². The number of unbranched alkanes of at least 4 members (excludes halogenated alkanes) is 1. The van der Waals surface area contributed by atoms with Gasteiger partial charge in [0, 0.05) is 12.1 Å². The maximum Gasteiger partial charge on any atom is 0.242 e. The number of hydrogen-bond acceptors (Lipinski definition) is 3. The number of nitrogens with one attached hydrogen (secondary N) is 2. The van der Waals surface area contributed by atoms with Crippen molar-refractivity contribution in [3.8, 4) is 0 Å². The molecular weight excluding hydrogens is 272 g/mol. The van der Waals surface area contributed by atoms with Crippen molar-refractivity contribution in [2.75, 3.05) is 5.32 Å². The summed E-state index contributed by atoms with van der Waals surface area (Å²) in [6.45, 7) is 7.86. The van der Waals surface area contributed by atoms with Crippen LogP contribution in [0.15, 0.2) is 29.2 Å². The van der Waals surface area contributed by atoms with Crippen LogP contribution in [0.1, 0.15) is 47.0 Å². The lowest BCUT2D eigenvalue weighted by atomic mass is 10.1. The summed E-state index contributed by atoms with van der Waals surface area (Å²) in [4.78, 5) is 0.317. The molecule has 0 aromatic heterocycles. The predicted octanol–water partition coefficient (Wildman–Crippen LogP) is 3.36. The highest BCUT2D eigenvalue weighted by Crippen LogP contribution is 2.22. The number of para-hydroxylation sites is 1. The average molecular weight is 298 g/mol. The summed E-state index contributed by atoms with van der Waals surface area (Å²) in [5.74, 6) is 0. The fourth-order valence-corrected chi connectivity index (χ4v) is 3.46. The Morgan fingerprint density at radius 2 is 1.80 bits per heavy atom. The molecule has 4 nitrogen and oxygen atoms in total. The summed E-state index contributed by atoms with van der Waals surface area (Å²) in [7, 11) is -3.47. The van der Waals surface area contributed by atoms with Gasteiger partial charge in [0.2, 0.25) is 10.0 Å². The summed E-state index contributed by atoms with van der Waals surface area (Å²) < 4.78 is 27.2. The molecule has 1 atom stereocenters. The van der Waals surface area contributed by atoms with Gasteiger partial charge in [-0.2, -0.15) is 0 Å². The van der Waals surface area contributed by atoms with Crippen molar-refractivity contribution < 1.29 is 8.42 Å². The Hall–Kier alpha value is -1.07. The molecule has 0 aliphatic carbocycles. The summed E-state index contributed by atoms with van der Waals surface area (Å²) in [6, 6.07) is 7.19. The van der Waals surface area contributed by atoms with Crippen LogP contribution in [0.3, 0.4) is 0 Å². The van der Waals surface area contributed by atoms with Crippen molar-refractivity contribution in [1.82, 2.24) is 4.72 Å². The lowest BCUT2D eigenvalue weighted by molar-refractivity contribution is 0.569. The van der Waals surface area contributed by atoms with Crippen LogP contribution in [-0.4, -0.2) is 20.5 Å². The largest absolute Gasteiger partial charge is 0.381 e. The number of anilines is 1. The number of rotatable bonds is 8. The van der Waals surface area contributed by atoms with Gasteiger partial charge in [-0.1, -0.05) is 31.9 Å². The summed E-state index contributed by atoms with van der Waals surface area (Å²) >= 11 is 0. The zero-order valence-corrected chi connectivity index (χ0v) is 13.6. The van der Waals surface area contributed by atoms with Gasteiger partial charge < -0.3 is 5.32 Å². The second-order valence-electron chi connectivity index (χ2n) is 5.46. The van der Waals surface area contributed by atoms with Gasteiger partial charge in [-0.15, -0.1) is 0 Å². The number of hydrogen-bond donors (Lipinski definition) is 2. The maximum absolute atomic E-state index is 12.3. The van der Waals surface area contributed by atoms with E-state index in [9.17, 15) is 8.42 Å². The van der Waals surface area contributed by atoms with Crippen molar-refractivity contribution in [3.05, 3.63) is 24.3 Å². The molecule has 1 aromatic rings. The van der Waals surface area contributed by atoms with E-state index in [0.29, 0.717) is 10.6 Å². The highest BCUT2D eigenvalue weighted by Gasteiger charge is 2.19. The van der Waals surface area contributed by atoms with Crippen molar-refractivity contribution in [3.63, 3.8) is 0 Å². The normalized spacial score (nSPS) is 13.4. The van der Waals surface area contributed by atoms with Crippen LogP contribution in [0.4, 0.5) is 5.69 Å². The molecule has 0 aliphatic heterocycles. The fraction of sp³-hybridized carbons (Fsp3) is 0.600. The van der Waals surface area contributed by atoms with Gasteiger partial charge in [0.05, 0.1) is 5.69 Å². The Kier molecular flexibility index (Phi) is 6.49. The second kappa shape index (κ2) is 7.64. The molecule has 0 radical (unpaired) electrons. The molecule has 0 amide bonds. The molecule has 114 valence electrons. The summed E-state index contributed by atoms with van der Waals surface area (Å²) in [6.07, 6.45) is 3.30. The van der Waals surface area contributed by atoms with Crippen LogP contribution in [0.25, 0.3) is 0 Å². The number of sulfonamides is 1. The first-order valence-electron chi connectivity index (χ1n) is 7.24. The standard InChI is InChI=1S/C15H26N2O2S/c1-5-6-9-13(4)16-14-10-7-8-11-15(14)20(18,19)17-12(2)3/h7-8,10-13,16-17H,5-6,9H2,1-4H3. The minimum absolute atomic E-state index is 0.120. The van der Waals surface area contributed by atoms with E-state index in [-0.39, 0.29) is 12.1 Å². The molecule has 0 aliphatic rings. The number of benzene rings is 1. The first-order valence-corrected chi connectivity index (χ1v) is 8.73. The minimum atomic E-state index is -3.47. The smallest absolute Gasteiger partial charge is 0.242 e. The van der Waals surface area contributed by atoms with E-state index in [0.717, 1.165) is 19.3 Å². The Bertz CT molecular complexity index is 512. The molecule has 20 heavy (non-hydrogen) atoms. The van der Waals surface area contributed by atoms with Gasteiger partial charge in [-0.05, 0) is 39.3 Å². The quantitative estimate of drug-likeness (QED) is 0.773. The Morgan fingerprint density at radius 3 is 2.40 bits per heavy atom. The topological polar surface area (TPSA) is 58.2 Å². The highest BCUT2D eigenvalue weighted by molar-refractivity contribution is 7.89. The van der Waals surface area contributed by atoms with Gasteiger partial charge in [-0.25, -0.2) is 13.1 Å². The zero-order valence-electron chi connectivity index (χ0n) is 12.8. The van der Waals surface area contributed by atoms with Crippen LogP contribution < -0.4 is 10.0 Å². The van der Waals surface area contributed by atoms with Gasteiger partial charge >= 0.3 is 0 Å². The first-order chi connectivity index (χ1) is 9.36. The summed E-state index contributed by atoms with van der Waals surface area (Å²) in [5, 5.41) is 3.31. The molecule has 0 saturated carbocycles. The van der Waals surface area contributed by atoms with E-state index in [4.69, 9.17) is 0 Å². The fourth-order valence-electron chi connectivity index (χ4n) is 2.04. The molecule has 5 heteroatoms.